The minimum atomic E-state index is -0.328. The van der Waals surface area contributed by atoms with Crippen molar-refractivity contribution in [1.82, 2.24) is 14.8 Å². The normalized spacial score (nSPS) is 15.2. The lowest BCUT2D eigenvalue weighted by Crippen LogP contribution is -2.35. The average Bonchev–Trinajstić information content (AvgIpc) is 3.51. The first-order valence-electron chi connectivity index (χ1n) is 10.7. The Morgan fingerprint density at radius 1 is 1.30 bits per heavy atom. The van der Waals surface area contributed by atoms with Crippen LogP contribution in [0.3, 0.4) is 0 Å². The van der Waals surface area contributed by atoms with Crippen LogP contribution < -0.4 is 5.32 Å². The molecular formula is C25H32N4O. The van der Waals surface area contributed by atoms with Crippen molar-refractivity contribution in [1.29, 1.82) is 5.26 Å². The molecule has 0 bridgehead atoms. The van der Waals surface area contributed by atoms with Gasteiger partial charge in [-0.1, -0.05) is 31.2 Å². The molecule has 1 N–H and O–H groups in total. The molecule has 0 unspecified atom stereocenters. The van der Waals surface area contributed by atoms with E-state index in [0.717, 1.165) is 23.2 Å². The smallest absolute Gasteiger partial charge is 0.262 e. The highest BCUT2D eigenvalue weighted by Crippen LogP contribution is 2.38. The first kappa shape index (κ1) is 21.9. The third kappa shape index (κ3) is 4.83. The number of amides is 1. The van der Waals surface area contributed by atoms with E-state index >= 15 is 0 Å². The molecular weight excluding hydrogens is 372 g/mol. The van der Waals surface area contributed by atoms with Crippen LogP contribution in [-0.2, 0) is 11.2 Å². The maximum atomic E-state index is 12.8. The fourth-order valence-corrected chi connectivity index (χ4v) is 4.01. The molecule has 0 radical (unpaired) electrons. The highest BCUT2D eigenvalue weighted by molar-refractivity contribution is 6.01. The number of hydrogen-bond acceptors (Lipinski definition) is 3. The van der Waals surface area contributed by atoms with Gasteiger partial charge in [-0.05, 0) is 76.0 Å². The Kier molecular flexibility index (Phi) is 6.79. The van der Waals surface area contributed by atoms with E-state index in [0.29, 0.717) is 12.6 Å². The average molecular weight is 405 g/mol. The Balaban J connectivity index is 1.73. The maximum Gasteiger partial charge on any atom is 0.262 e. The van der Waals surface area contributed by atoms with Gasteiger partial charge in [-0.25, -0.2) is 0 Å². The highest BCUT2D eigenvalue weighted by Gasteiger charge is 2.27. The molecule has 1 fully saturated rings. The molecule has 1 aliphatic rings. The summed E-state index contributed by atoms with van der Waals surface area (Å²) in [6.45, 7) is 6.72. The summed E-state index contributed by atoms with van der Waals surface area (Å²) in [5.74, 6) is -0.328. The van der Waals surface area contributed by atoms with Crippen LogP contribution in [0.4, 0.5) is 0 Å². The van der Waals surface area contributed by atoms with E-state index < -0.39 is 0 Å². The van der Waals surface area contributed by atoms with Crippen molar-refractivity contribution >= 4 is 12.0 Å². The fraction of sp³-hybridized carbons (Fsp3) is 0.440. The number of aryl methyl sites for hydroxylation is 2. The predicted octanol–water partition coefficient (Wildman–Crippen LogP) is 4.33. The minimum absolute atomic E-state index is 0.0414. The highest BCUT2D eigenvalue weighted by atomic mass is 16.1. The Labute approximate surface area is 180 Å². The van der Waals surface area contributed by atoms with Crippen LogP contribution in [0.2, 0.25) is 0 Å². The molecule has 30 heavy (non-hydrogen) atoms. The molecule has 1 aromatic heterocycles. The molecule has 1 atom stereocenters. The van der Waals surface area contributed by atoms with Crippen molar-refractivity contribution in [2.45, 2.75) is 52.1 Å². The molecule has 0 spiro atoms. The van der Waals surface area contributed by atoms with E-state index in [4.69, 9.17) is 0 Å². The molecule has 0 saturated heterocycles. The van der Waals surface area contributed by atoms with Crippen LogP contribution in [0.15, 0.2) is 35.9 Å². The third-order valence-electron chi connectivity index (χ3n) is 5.95. The van der Waals surface area contributed by atoms with E-state index in [1.165, 1.54) is 24.1 Å². The van der Waals surface area contributed by atoms with Gasteiger partial charge in [-0.15, -0.1) is 0 Å². The maximum absolute atomic E-state index is 12.8. The SMILES string of the molecule is CCc1ccc([C@@H](CNC(=O)/C(C#N)=C/c2cc(C)n(C3CC3)c2C)N(C)C)cc1. The second-order valence-electron chi connectivity index (χ2n) is 8.38. The molecule has 1 amide bonds. The second-order valence-corrected chi connectivity index (χ2v) is 8.38. The molecule has 1 heterocycles. The van der Waals surface area contributed by atoms with Crippen molar-refractivity contribution in [3.05, 3.63) is 64.0 Å². The zero-order chi connectivity index (χ0) is 21.8. The number of likely N-dealkylation sites (N-methyl/N-ethyl adjacent to an activating group) is 1. The van der Waals surface area contributed by atoms with Crippen LogP contribution in [0.25, 0.3) is 6.08 Å². The summed E-state index contributed by atoms with van der Waals surface area (Å²) in [4.78, 5) is 14.8. The molecule has 2 aromatic rings. The van der Waals surface area contributed by atoms with Crippen molar-refractivity contribution in [3.63, 3.8) is 0 Å². The number of benzene rings is 1. The third-order valence-corrected chi connectivity index (χ3v) is 5.95. The first-order valence-corrected chi connectivity index (χ1v) is 10.7. The number of nitrogens with one attached hydrogen (secondary N) is 1. The Morgan fingerprint density at radius 2 is 1.97 bits per heavy atom. The van der Waals surface area contributed by atoms with Crippen molar-refractivity contribution in [2.75, 3.05) is 20.6 Å². The van der Waals surface area contributed by atoms with Crippen LogP contribution in [0, 0.1) is 25.2 Å². The lowest BCUT2D eigenvalue weighted by molar-refractivity contribution is -0.117. The van der Waals surface area contributed by atoms with Crippen LogP contribution >= 0.6 is 0 Å². The van der Waals surface area contributed by atoms with Gasteiger partial charge in [0.15, 0.2) is 0 Å². The molecule has 1 aliphatic carbocycles. The van der Waals surface area contributed by atoms with Crippen LogP contribution in [0.5, 0.6) is 0 Å². The van der Waals surface area contributed by atoms with E-state index in [9.17, 15) is 10.1 Å². The molecule has 5 heteroatoms. The summed E-state index contributed by atoms with van der Waals surface area (Å²) in [7, 11) is 4.00. The lowest BCUT2D eigenvalue weighted by atomic mass is 10.0. The molecule has 158 valence electrons. The van der Waals surface area contributed by atoms with Gasteiger partial charge in [0, 0.05) is 24.0 Å². The molecule has 1 aromatic carbocycles. The summed E-state index contributed by atoms with van der Waals surface area (Å²) in [6.07, 6.45) is 5.13. The number of rotatable bonds is 8. The molecule has 0 aliphatic heterocycles. The van der Waals surface area contributed by atoms with E-state index in [2.05, 4.69) is 72.0 Å². The lowest BCUT2D eigenvalue weighted by Gasteiger charge is -2.25. The fourth-order valence-electron chi connectivity index (χ4n) is 4.01. The topological polar surface area (TPSA) is 61.1 Å². The predicted molar refractivity (Wildman–Crippen MR) is 121 cm³/mol. The largest absolute Gasteiger partial charge is 0.349 e. The number of carbonyl (C=O) groups is 1. The molecule has 3 rings (SSSR count). The van der Waals surface area contributed by atoms with Crippen LogP contribution in [-0.4, -0.2) is 36.0 Å². The van der Waals surface area contributed by atoms with Gasteiger partial charge in [0.1, 0.15) is 11.6 Å². The number of aromatic nitrogens is 1. The summed E-state index contributed by atoms with van der Waals surface area (Å²) in [5, 5.41) is 12.6. The Hall–Kier alpha value is -2.84. The van der Waals surface area contributed by atoms with E-state index in [1.807, 2.05) is 14.1 Å². The number of nitrogens with zero attached hydrogens (tertiary/aromatic N) is 3. The van der Waals surface area contributed by atoms with Crippen LogP contribution in [0.1, 0.15) is 59.9 Å². The van der Waals surface area contributed by atoms with Gasteiger partial charge in [0.25, 0.3) is 5.91 Å². The Morgan fingerprint density at radius 3 is 2.50 bits per heavy atom. The van der Waals surface area contributed by atoms with Crippen molar-refractivity contribution in [2.24, 2.45) is 0 Å². The second kappa shape index (κ2) is 9.32. The number of carbonyl (C=O) groups excluding carboxylic acids is 1. The van der Waals surface area contributed by atoms with Gasteiger partial charge >= 0.3 is 0 Å². The summed E-state index contributed by atoms with van der Waals surface area (Å²) >= 11 is 0. The van der Waals surface area contributed by atoms with Gasteiger partial charge < -0.3 is 14.8 Å². The summed E-state index contributed by atoms with van der Waals surface area (Å²) < 4.78 is 2.32. The number of hydrogen-bond donors (Lipinski definition) is 1. The Bertz CT molecular complexity index is 972. The van der Waals surface area contributed by atoms with Crippen molar-refractivity contribution < 1.29 is 4.79 Å². The van der Waals surface area contributed by atoms with Crippen molar-refractivity contribution in [3.8, 4) is 6.07 Å². The van der Waals surface area contributed by atoms with Gasteiger partial charge in [0.05, 0.1) is 6.04 Å². The van der Waals surface area contributed by atoms with Gasteiger partial charge in [-0.2, -0.15) is 5.26 Å². The van der Waals surface area contributed by atoms with E-state index in [1.54, 1.807) is 6.08 Å². The molecule has 1 saturated carbocycles. The molecule has 5 nitrogen and oxygen atoms in total. The standard InChI is InChI=1S/C25H32N4O/c1-6-19-7-9-20(10-8-19)24(28(4)5)16-27-25(30)22(15-26)14-21-13-17(2)29(18(21)3)23-11-12-23/h7-10,13-14,23-24H,6,11-12,16H2,1-5H3,(H,27,30)/b22-14+/t24-/m1/s1. The first-order chi connectivity index (χ1) is 14.3. The summed E-state index contributed by atoms with van der Waals surface area (Å²) in [6, 6.07) is 13.3. The minimum Gasteiger partial charge on any atom is -0.349 e. The zero-order valence-corrected chi connectivity index (χ0v) is 18.7. The van der Waals surface area contributed by atoms with E-state index in [-0.39, 0.29) is 17.5 Å². The van der Waals surface area contributed by atoms with Gasteiger partial charge in [0.2, 0.25) is 0 Å². The quantitative estimate of drug-likeness (QED) is 0.526. The zero-order valence-electron chi connectivity index (χ0n) is 18.7. The number of nitriles is 1. The monoisotopic (exact) mass is 404 g/mol. The van der Waals surface area contributed by atoms with Gasteiger partial charge in [-0.3, -0.25) is 4.79 Å². The summed E-state index contributed by atoms with van der Waals surface area (Å²) in [5.41, 5.74) is 5.84.